The topological polar surface area (TPSA) is 135 Å². The number of hydrogen-bond acceptors (Lipinski definition) is 8. The minimum absolute atomic E-state index is 0.0217. The zero-order chi connectivity index (χ0) is 18.7. The molecule has 0 bridgehead atoms. The maximum Gasteiger partial charge on any atom is 0.342 e. The van der Waals surface area contributed by atoms with E-state index in [4.69, 9.17) is 16.2 Å². The predicted octanol–water partition coefficient (Wildman–Crippen LogP) is 1.25. The van der Waals surface area contributed by atoms with Crippen LogP contribution < -0.4 is 11.5 Å². The molecule has 9 heteroatoms. The second-order valence-corrected chi connectivity index (χ2v) is 5.73. The van der Waals surface area contributed by atoms with Crippen LogP contribution in [0.2, 0.25) is 0 Å². The molecule has 0 fully saturated rings. The average Bonchev–Trinajstić information content (AvgIpc) is 2.86. The van der Waals surface area contributed by atoms with E-state index in [-0.39, 0.29) is 24.3 Å². The third-order valence-electron chi connectivity index (χ3n) is 3.81. The first kappa shape index (κ1) is 17.3. The molecule has 4 N–H and O–H groups in total. The zero-order valence-electron chi connectivity index (χ0n) is 14.5. The summed E-state index contributed by atoms with van der Waals surface area (Å²) in [4.78, 5) is 23.9. The Bertz CT molecular complexity index is 918. The highest BCUT2D eigenvalue weighted by molar-refractivity contribution is 5.91. The Morgan fingerprint density at radius 2 is 1.73 bits per heavy atom. The Hall–Kier alpha value is -3.49. The highest BCUT2D eigenvalue weighted by atomic mass is 16.5. The van der Waals surface area contributed by atoms with Gasteiger partial charge in [0, 0.05) is 0 Å². The Kier molecular flexibility index (Phi) is 4.78. The second-order valence-electron chi connectivity index (χ2n) is 5.73. The van der Waals surface area contributed by atoms with Gasteiger partial charge in [-0.05, 0) is 19.4 Å². The first-order valence-corrected chi connectivity index (χ1v) is 7.95. The number of benzene rings is 1. The van der Waals surface area contributed by atoms with Crippen molar-refractivity contribution in [2.75, 3.05) is 11.5 Å². The van der Waals surface area contributed by atoms with Crippen molar-refractivity contribution in [3.05, 3.63) is 58.7 Å². The molecule has 1 aromatic carbocycles. The number of aryl methyl sites for hydroxylation is 1. The lowest BCUT2D eigenvalue weighted by atomic mass is 10.2. The van der Waals surface area contributed by atoms with Crippen molar-refractivity contribution in [1.82, 2.24) is 24.7 Å². The van der Waals surface area contributed by atoms with Gasteiger partial charge in [0.2, 0.25) is 11.9 Å². The van der Waals surface area contributed by atoms with Crippen LogP contribution in [0.5, 0.6) is 0 Å². The number of aromatic nitrogens is 5. The quantitative estimate of drug-likeness (QED) is 0.654. The van der Waals surface area contributed by atoms with Crippen LogP contribution in [-0.4, -0.2) is 30.7 Å². The third-order valence-corrected chi connectivity index (χ3v) is 3.81. The van der Waals surface area contributed by atoms with Crippen LogP contribution in [0, 0.1) is 13.8 Å². The van der Waals surface area contributed by atoms with Gasteiger partial charge in [0.05, 0.1) is 17.9 Å². The van der Waals surface area contributed by atoms with E-state index in [2.05, 4.69) is 20.1 Å². The van der Waals surface area contributed by atoms with Gasteiger partial charge < -0.3 is 16.2 Å². The number of carbonyl (C=O) groups excluding carboxylic acids is 1. The van der Waals surface area contributed by atoms with Crippen molar-refractivity contribution in [2.24, 2.45) is 0 Å². The molecule has 3 aromatic rings. The Morgan fingerprint density at radius 1 is 1.08 bits per heavy atom. The number of rotatable bonds is 5. The molecule has 0 radical (unpaired) electrons. The summed E-state index contributed by atoms with van der Waals surface area (Å²) in [6, 6.07) is 9.88. The Morgan fingerprint density at radius 3 is 2.38 bits per heavy atom. The summed E-state index contributed by atoms with van der Waals surface area (Å²) >= 11 is 0. The van der Waals surface area contributed by atoms with Crippen molar-refractivity contribution in [2.45, 2.75) is 27.0 Å². The summed E-state index contributed by atoms with van der Waals surface area (Å²) in [5, 5.41) is 4.44. The SMILES string of the molecule is Cc1nn(Cc2ccccc2)c(C)c1C(=O)OCc1nc(N)nc(N)n1. The zero-order valence-corrected chi connectivity index (χ0v) is 14.5. The number of carbonyl (C=O) groups is 1. The number of nitrogens with two attached hydrogens (primary N) is 2. The van der Waals surface area contributed by atoms with Gasteiger partial charge in [-0.3, -0.25) is 4.68 Å². The van der Waals surface area contributed by atoms with E-state index in [1.807, 2.05) is 37.3 Å². The van der Waals surface area contributed by atoms with Crippen molar-refractivity contribution in [1.29, 1.82) is 0 Å². The largest absolute Gasteiger partial charge is 0.454 e. The van der Waals surface area contributed by atoms with Gasteiger partial charge in [-0.25, -0.2) is 4.79 Å². The van der Waals surface area contributed by atoms with Gasteiger partial charge in [0.15, 0.2) is 12.4 Å². The Labute approximate surface area is 150 Å². The van der Waals surface area contributed by atoms with Gasteiger partial charge in [-0.2, -0.15) is 20.1 Å². The lowest BCUT2D eigenvalue weighted by Crippen LogP contribution is -2.12. The van der Waals surface area contributed by atoms with Crippen LogP contribution in [0.1, 0.15) is 33.1 Å². The van der Waals surface area contributed by atoms with E-state index in [0.717, 1.165) is 11.3 Å². The van der Waals surface area contributed by atoms with Gasteiger partial charge in [0.1, 0.15) is 5.56 Å². The molecule has 0 amide bonds. The summed E-state index contributed by atoms with van der Waals surface area (Å²) in [5.74, 6) is -0.356. The molecule has 0 aliphatic heterocycles. The van der Waals surface area contributed by atoms with Crippen LogP contribution in [0.4, 0.5) is 11.9 Å². The monoisotopic (exact) mass is 353 g/mol. The maximum absolute atomic E-state index is 12.5. The molecular formula is C17H19N7O2. The fourth-order valence-electron chi connectivity index (χ4n) is 2.63. The van der Waals surface area contributed by atoms with E-state index in [1.54, 1.807) is 11.6 Å². The number of nitrogen functional groups attached to an aromatic ring is 2. The maximum atomic E-state index is 12.5. The number of esters is 1. The van der Waals surface area contributed by atoms with Crippen molar-refractivity contribution in [3.8, 4) is 0 Å². The van der Waals surface area contributed by atoms with Crippen LogP contribution in [0.3, 0.4) is 0 Å². The van der Waals surface area contributed by atoms with Crippen LogP contribution >= 0.6 is 0 Å². The summed E-state index contributed by atoms with van der Waals surface area (Å²) in [6.45, 7) is 4.02. The molecule has 0 saturated carbocycles. The number of hydrogen-bond donors (Lipinski definition) is 2. The summed E-state index contributed by atoms with van der Waals surface area (Å²) in [6.07, 6.45) is 0. The van der Waals surface area contributed by atoms with E-state index < -0.39 is 5.97 Å². The smallest absolute Gasteiger partial charge is 0.342 e. The lowest BCUT2D eigenvalue weighted by Gasteiger charge is -2.07. The van der Waals surface area contributed by atoms with E-state index in [9.17, 15) is 4.79 Å². The van der Waals surface area contributed by atoms with E-state index >= 15 is 0 Å². The molecule has 9 nitrogen and oxygen atoms in total. The molecule has 0 unspecified atom stereocenters. The van der Waals surface area contributed by atoms with Crippen LogP contribution in [-0.2, 0) is 17.9 Å². The van der Waals surface area contributed by atoms with Crippen molar-refractivity contribution >= 4 is 17.9 Å². The minimum atomic E-state index is -0.503. The fraction of sp³-hybridized carbons (Fsp3) is 0.235. The molecule has 2 heterocycles. The molecule has 3 rings (SSSR count). The third kappa shape index (κ3) is 3.77. The summed E-state index contributed by atoms with van der Waals surface area (Å²) in [5.41, 5.74) is 13.9. The van der Waals surface area contributed by atoms with Gasteiger partial charge in [0.25, 0.3) is 0 Å². The summed E-state index contributed by atoms with van der Waals surface area (Å²) < 4.78 is 7.07. The molecule has 2 aromatic heterocycles. The molecule has 0 aliphatic rings. The molecule has 0 spiro atoms. The van der Waals surface area contributed by atoms with Crippen LogP contribution in [0.25, 0.3) is 0 Å². The molecule has 134 valence electrons. The first-order chi connectivity index (χ1) is 12.4. The van der Waals surface area contributed by atoms with E-state index in [0.29, 0.717) is 17.8 Å². The lowest BCUT2D eigenvalue weighted by molar-refractivity contribution is 0.0460. The highest BCUT2D eigenvalue weighted by Crippen LogP contribution is 2.16. The predicted molar refractivity (Wildman–Crippen MR) is 95.0 cm³/mol. The number of ether oxygens (including phenoxy) is 1. The number of anilines is 2. The Balaban J connectivity index is 1.75. The van der Waals surface area contributed by atoms with E-state index in [1.165, 1.54) is 0 Å². The average molecular weight is 353 g/mol. The van der Waals surface area contributed by atoms with Crippen molar-refractivity contribution in [3.63, 3.8) is 0 Å². The summed E-state index contributed by atoms with van der Waals surface area (Å²) in [7, 11) is 0. The second kappa shape index (κ2) is 7.18. The molecule has 0 atom stereocenters. The van der Waals surface area contributed by atoms with Crippen molar-refractivity contribution < 1.29 is 9.53 Å². The first-order valence-electron chi connectivity index (χ1n) is 7.95. The van der Waals surface area contributed by atoms with Gasteiger partial charge in [-0.15, -0.1) is 0 Å². The molecule has 26 heavy (non-hydrogen) atoms. The van der Waals surface area contributed by atoms with Gasteiger partial charge >= 0.3 is 5.97 Å². The highest BCUT2D eigenvalue weighted by Gasteiger charge is 2.20. The molecular weight excluding hydrogens is 334 g/mol. The minimum Gasteiger partial charge on any atom is -0.454 e. The fourth-order valence-corrected chi connectivity index (χ4v) is 2.63. The standard InChI is InChI=1S/C17H19N7O2/c1-10-14(11(2)24(23-10)8-12-6-4-3-5-7-12)15(25)26-9-13-20-16(18)22-17(19)21-13/h3-7H,8-9H2,1-2H3,(H4,18,19,20,21,22). The van der Waals surface area contributed by atoms with Crippen LogP contribution in [0.15, 0.2) is 30.3 Å². The molecule has 0 aliphatic carbocycles. The van der Waals surface area contributed by atoms with Gasteiger partial charge in [-0.1, -0.05) is 30.3 Å². The number of nitrogens with zero attached hydrogens (tertiary/aromatic N) is 5. The molecule has 0 saturated heterocycles. The normalized spacial score (nSPS) is 10.7.